The van der Waals surface area contributed by atoms with E-state index >= 15 is 0 Å². The van der Waals surface area contributed by atoms with Crippen molar-refractivity contribution in [3.63, 3.8) is 0 Å². The molecule has 0 bridgehead atoms. The molecule has 0 radical (unpaired) electrons. The highest BCUT2D eigenvalue weighted by molar-refractivity contribution is 5.28. The van der Waals surface area contributed by atoms with Crippen molar-refractivity contribution in [2.24, 2.45) is 0 Å². The standard InChI is InChI=1S/C13H21NO2/c1-13(2,10-14-3)16-12-7-5-6-11(8-12)9-15-4/h5-8,14H,9-10H2,1-4H3. The molecule has 3 heteroatoms. The Hall–Kier alpha value is -1.06. The summed E-state index contributed by atoms with van der Waals surface area (Å²) in [6.45, 7) is 5.55. The van der Waals surface area contributed by atoms with Gasteiger partial charge >= 0.3 is 0 Å². The van der Waals surface area contributed by atoms with Crippen LogP contribution < -0.4 is 10.1 Å². The molecule has 0 saturated carbocycles. The summed E-state index contributed by atoms with van der Waals surface area (Å²) in [4.78, 5) is 0. The quantitative estimate of drug-likeness (QED) is 0.802. The van der Waals surface area contributed by atoms with Crippen molar-refractivity contribution < 1.29 is 9.47 Å². The van der Waals surface area contributed by atoms with Crippen LogP contribution in [0.1, 0.15) is 19.4 Å². The largest absolute Gasteiger partial charge is 0.487 e. The van der Waals surface area contributed by atoms with Crippen molar-refractivity contribution in [2.75, 3.05) is 20.7 Å². The highest BCUT2D eigenvalue weighted by Crippen LogP contribution is 2.19. The Kier molecular flexibility index (Phi) is 4.77. The van der Waals surface area contributed by atoms with Gasteiger partial charge in [0.25, 0.3) is 0 Å². The van der Waals surface area contributed by atoms with Crippen LogP contribution in [0.3, 0.4) is 0 Å². The van der Waals surface area contributed by atoms with Crippen LogP contribution in [0.25, 0.3) is 0 Å². The van der Waals surface area contributed by atoms with Gasteiger partial charge in [-0.1, -0.05) is 12.1 Å². The van der Waals surface area contributed by atoms with Crippen LogP contribution in [0.4, 0.5) is 0 Å². The molecule has 1 aromatic rings. The van der Waals surface area contributed by atoms with Crippen LogP contribution in [0, 0.1) is 0 Å². The molecule has 0 aliphatic carbocycles. The van der Waals surface area contributed by atoms with E-state index in [9.17, 15) is 0 Å². The molecule has 0 aromatic heterocycles. The van der Waals surface area contributed by atoms with Gasteiger partial charge in [0, 0.05) is 13.7 Å². The van der Waals surface area contributed by atoms with Gasteiger partial charge in [0.15, 0.2) is 0 Å². The van der Waals surface area contributed by atoms with Crippen molar-refractivity contribution in [1.29, 1.82) is 0 Å². The first-order chi connectivity index (χ1) is 7.57. The number of ether oxygens (including phenoxy) is 2. The van der Waals surface area contributed by atoms with Gasteiger partial charge in [0.2, 0.25) is 0 Å². The minimum atomic E-state index is -0.208. The summed E-state index contributed by atoms with van der Waals surface area (Å²) in [6, 6.07) is 8.00. The van der Waals surface area contributed by atoms with Gasteiger partial charge in [0.05, 0.1) is 6.61 Å². The maximum Gasteiger partial charge on any atom is 0.120 e. The highest BCUT2D eigenvalue weighted by atomic mass is 16.5. The normalized spacial score (nSPS) is 11.5. The number of likely N-dealkylation sites (N-methyl/N-ethyl adjacent to an activating group) is 1. The fourth-order valence-corrected chi connectivity index (χ4v) is 1.65. The van der Waals surface area contributed by atoms with Crippen molar-refractivity contribution in [1.82, 2.24) is 5.32 Å². The molecule has 1 N–H and O–H groups in total. The highest BCUT2D eigenvalue weighted by Gasteiger charge is 2.18. The minimum Gasteiger partial charge on any atom is -0.487 e. The summed E-state index contributed by atoms with van der Waals surface area (Å²) in [7, 11) is 3.62. The van der Waals surface area contributed by atoms with Gasteiger partial charge in [0.1, 0.15) is 11.4 Å². The molecule has 1 rings (SSSR count). The SMILES string of the molecule is CNCC(C)(C)Oc1cccc(COC)c1. The summed E-state index contributed by atoms with van der Waals surface area (Å²) in [6.07, 6.45) is 0. The molecule has 0 atom stereocenters. The lowest BCUT2D eigenvalue weighted by molar-refractivity contribution is 0.110. The number of hydrogen-bond acceptors (Lipinski definition) is 3. The molecule has 0 spiro atoms. The van der Waals surface area contributed by atoms with Crippen LogP contribution in [-0.4, -0.2) is 26.3 Å². The number of nitrogens with one attached hydrogen (secondary N) is 1. The van der Waals surface area contributed by atoms with E-state index in [2.05, 4.69) is 19.2 Å². The lowest BCUT2D eigenvalue weighted by atomic mass is 10.1. The zero-order valence-electron chi connectivity index (χ0n) is 10.5. The molecule has 0 aliphatic rings. The first-order valence-corrected chi connectivity index (χ1v) is 5.49. The second kappa shape index (κ2) is 5.87. The van der Waals surface area contributed by atoms with Crippen LogP contribution in [0.15, 0.2) is 24.3 Å². The molecule has 16 heavy (non-hydrogen) atoms. The topological polar surface area (TPSA) is 30.5 Å². The van der Waals surface area contributed by atoms with Gasteiger partial charge in [-0.05, 0) is 38.6 Å². The Morgan fingerprint density at radius 3 is 2.69 bits per heavy atom. The second-order valence-electron chi connectivity index (χ2n) is 4.47. The number of benzene rings is 1. The van der Waals surface area contributed by atoms with Crippen molar-refractivity contribution >= 4 is 0 Å². The summed E-state index contributed by atoms with van der Waals surface area (Å²) in [5.41, 5.74) is 0.917. The minimum absolute atomic E-state index is 0.208. The third-order valence-corrected chi connectivity index (χ3v) is 2.21. The summed E-state index contributed by atoms with van der Waals surface area (Å²) in [5.74, 6) is 0.884. The maximum atomic E-state index is 5.91. The Morgan fingerprint density at radius 2 is 2.06 bits per heavy atom. The van der Waals surface area contributed by atoms with E-state index in [1.165, 1.54) is 0 Å². The Labute approximate surface area is 97.8 Å². The Balaban J connectivity index is 2.69. The molecule has 1 aromatic carbocycles. The third kappa shape index (κ3) is 4.21. The molecule has 3 nitrogen and oxygen atoms in total. The van der Waals surface area contributed by atoms with Gasteiger partial charge in [-0.2, -0.15) is 0 Å². The van der Waals surface area contributed by atoms with Crippen LogP contribution >= 0.6 is 0 Å². The first-order valence-electron chi connectivity index (χ1n) is 5.49. The number of rotatable bonds is 6. The molecular formula is C13H21NO2. The first kappa shape index (κ1) is 13.0. The fraction of sp³-hybridized carbons (Fsp3) is 0.538. The molecule has 0 amide bonds. The summed E-state index contributed by atoms with van der Waals surface area (Å²) >= 11 is 0. The van der Waals surface area contributed by atoms with E-state index in [0.29, 0.717) is 6.61 Å². The number of methoxy groups -OCH3 is 1. The fourth-order valence-electron chi connectivity index (χ4n) is 1.65. The van der Waals surface area contributed by atoms with Crippen molar-refractivity contribution in [3.8, 4) is 5.75 Å². The Morgan fingerprint density at radius 1 is 1.31 bits per heavy atom. The molecule has 0 fully saturated rings. The molecule has 0 aliphatic heterocycles. The predicted octanol–water partition coefficient (Wildman–Crippen LogP) is 2.21. The van der Waals surface area contributed by atoms with Gasteiger partial charge in [-0.3, -0.25) is 0 Å². The third-order valence-electron chi connectivity index (χ3n) is 2.21. The predicted molar refractivity (Wildman–Crippen MR) is 65.8 cm³/mol. The van der Waals surface area contributed by atoms with Crippen LogP contribution in [0.2, 0.25) is 0 Å². The van der Waals surface area contributed by atoms with E-state index in [4.69, 9.17) is 9.47 Å². The van der Waals surface area contributed by atoms with E-state index in [1.54, 1.807) is 7.11 Å². The molecular weight excluding hydrogens is 202 g/mol. The average molecular weight is 223 g/mol. The van der Waals surface area contributed by atoms with E-state index < -0.39 is 0 Å². The lowest BCUT2D eigenvalue weighted by Gasteiger charge is -2.26. The van der Waals surface area contributed by atoms with Gasteiger partial charge in [-0.15, -0.1) is 0 Å². The van der Waals surface area contributed by atoms with E-state index in [1.807, 2.05) is 31.3 Å². The maximum absolute atomic E-state index is 5.91. The van der Waals surface area contributed by atoms with Gasteiger partial charge < -0.3 is 14.8 Å². The summed E-state index contributed by atoms with van der Waals surface area (Å²) < 4.78 is 11.0. The lowest BCUT2D eigenvalue weighted by Crippen LogP contribution is -2.38. The van der Waals surface area contributed by atoms with Crippen LogP contribution in [-0.2, 0) is 11.3 Å². The molecule has 0 unspecified atom stereocenters. The monoisotopic (exact) mass is 223 g/mol. The molecule has 0 heterocycles. The zero-order valence-corrected chi connectivity index (χ0v) is 10.5. The van der Waals surface area contributed by atoms with Gasteiger partial charge in [-0.25, -0.2) is 0 Å². The smallest absolute Gasteiger partial charge is 0.120 e. The van der Waals surface area contributed by atoms with E-state index in [0.717, 1.165) is 17.9 Å². The van der Waals surface area contributed by atoms with Crippen LogP contribution in [0.5, 0.6) is 5.75 Å². The average Bonchev–Trinajstić information content (AvgIpc) is 2.17. The van der Waals surface area contributed by atoms with Crippen molar-refractivity contribution in [2.45, 2.75) is 26.1 Å². The second-order valence-corrected chi connectivity index (χ2v) is 4.47. The van der Waals surface area contributed by atoms with Crippen molar-refractivity contribution in [3.05, 3.63) is 29.8 Å². The molecule has 0 saturated heterocycles. The van der Waals surface area contributed by atoms with E-state index in [-0.39, 0.29) is 5.60 Å². The summed E-state index contributed by atoms with van der Waals surface area (Å²) in [5, 5.41) is 3.12. The molecule has 90 valence electrons. The zero-order chi connectivity index (χ0) is 12.0. The Bertz CT molecular complexity index is 323. The number of hydrogen-bond donors (Lipinski definition) is 1.